The van der Waals surface area contributed by atoms with Gasteiger partial charge in [-0.1, -0.05) is 11.8 Å². The van der Waals surface area contributed by atoms with Crippen molar-refractivity contribution in [3.8, 4) is 0 Å². The molecule has 3 N–H and O–H groups in total. The molecule has 0 spiro atoms. The zero-order valence-electron chi connectivity index (χ0n) is 11.1. The van der Waals surface area contributed by atoms with E-state index in [4.69, 9.17) is 15.9 Å². The van der Waals surface area contributed by atoms with Crippen LogP contribution in [0.5, 0.6) is 0 Å². The Kier molecular flexibility index (Phi) is 12.5. The van der Waals surface area contributed by atoms with Gasteiger partial charge in [0.2, 0.25) is 0 Å². The molecule has 0 bridgehead atoms. The summed E-state index contributed by atoms with van der Waals surface area (Å²) < 4.78 is 9.50. The highest BCUT2D eigenvalue weighted by molar-refractivity contribution is 8.13. The van der Waals surface area contributed by atoms with Crippen molar-refractivity contribution in [2.24, 2.45) is 5.73 Å². The highest BCUT2D eigenvalue weighted by Crippen LogP contribution is 2.00. The quantitative estimate of drug-likeness (QED) is 0.149. The van der Waals surface area contributed by atoms with Crippen molar-refractivity contribution in [2.45, 2.75) is 20.8 Å². The zero-order valence-corrected chi connectivity index (χ0v) is 11.9. The van der Waals surface area contributed by atoms with Gasteiger partial charge in [0.15, 0.2) is 11.0 Å². The molecule has 0 aromatic rings. The zero-order chi connectivity index (χ0) is 14.6. The van der Waals surface area contributed by atoms with Gasteiger partial charge in [-0.3, -0.25) is 10.2 Å². The molecule has 104 valence electrons. The Balaban J connectivity index is 0. The number of esters is 1. The molecule has 0 saturated carbocycles. The molecule has 6 nitrogen and oxygen atoms in total. The van der Waals surface area contributed by atoms with Crippen molar-refractivity contribution in [3.63, 3.8) is 0 Å². The standard InChI is InChI=1S/C9H14O4.C2H6N2S/c1-4-12-6-8(7(3)10)9(11)13-5-2;1-5-2(3)4/h6H,4-5H2,1-3H3;1H3,(H3,3,4). The Morgan fingerprint density at radius 3 is 2.11 bits per heavy atom. The lowest BCUT2D eigenvalue weighted by Gasteiger charge is -2.03. The van der Waals surface area contributed by atoms with Crippen LogP contribution in [0.2, 0.25) is 0 Å². The number of thioether (sulfide) groups is 1. The molecule has 0 atom stereocenters. The molecule has 0 fully saturated rings. The fraction of sp³-hybridized carbons (Fsp3) is 0.545. The Bertz CT molecular complexity index is 316. The number of amidine groups is 1. The average molecular weight is 276 g/mol. The fourth-order valence-corrected chi connectivity index (χ4v) is 0.650. The molecule has 0 heterocycles. The number of carbonyl (C=O) groups excluding carboxylic acids is 2. The SMILES string of the molecule is CCOC=C(C(C)=O)C(=O)OCC.CSC(=N)N. The van der Waals surface area contributed by atoms with Gasteiger partial charge in [0, 0.05) is 0 Å². The first-order valence-corrected chi connectivity index (χ1v) is 6.50. The lowest BCUT2D eigenvalue weighted by molar-refractivity contribution is -0.140. The maximum absolute atomic E-state index is 11.1. The van der Waals surface area contributed by atoms with Crippen molar-refractivity contribution >= 4 is 28.7 Å². The molecule has 0 aliphatic carbocycles. The van der Waals surface area contributed by atoms with Crippen LogP contribution in [-0.4, -0.2) is 36.4 Å². The lowest BCUT2D eigenvalue weighted by Crippen LogP contribution is -2.14. The smallest absolute Gasteiger partial charge is 0.344 e. The van der Waals surface area contributed by atoms with Gasteiger partial charge in [-0.05, 0) is 27.0 Å². The van der Waals surface area contributed by atoms with E-state index in [9.17, 15) is 9.59 Å². The van der Waals surface area contributed by atoms with Crippen LogP contribution in [0.4, 0.5) is 0 Å². The normalized spacial score (nSPS) is 9.89. The molecule has 0 radical (unpaired) electrons. The first-order valence-electron chi connectivity index (χ1n) is 5.28. The van der Waals surface area contributed by atoms with E-state index in [1.807, 2.05) is 0 Å². The number of hydrogen-bond donors (Lipinski definition) is 2. The number of nitrogens with two attached hydrogens (primary N) is 1. The van der Waals surface area contributed by atoms with Crippen molar-refractivity contribution in [3.05, 3.63) is 11.8 Å². The van der Waals surface area contributed by atoms with Gasteiger partial charge in [-0.15, -0.1) is 0 Å². The second kappa shape index (κ2) is 12.0. The summed E-state index contributed by atoms with van der Waals surface area (Å²) in [7, 11) is 0. The molecule has 0 rings (SSSR count). The van der Waals surface area contributed by atoms with Gasteiger partial charge in [-0.2, -0.15) is 0 Å². The molecule has 0 unspecified atom stereocenters. The van der Waals surface area contributed by atoms with Crippen LogP contribution in [-0.2, 0) is 19.1 Å². The van der Waals surface area contributed by atoms with Crippen LogP contribution in [0.25, 0.3) is 0 Å². The van der Waals surface area contributed by atoms with E-state index in [1.54, 1.807) is 20.1 Å². The summed E-state index contributed by atoms with van der Waals surface area (Å²) in [4.78, 5) is 22.0. The third-order valence-corrected chi connectivity index (χ3v) is 1.90. The van der Waals surface area contributed by atoms with E-state index in [0.29, 0.717) is 6.61 Å². The van der Waals surface area contributed by atoms with E-state index < -0.39 is 5.97 Å². The summed E-state index contributed by atoms with van der Waals surface area (Å²) in [5, 5.41) is 6.66. The minimum absolute atomic E-state index is 0.0521. The molecular weight excluding hydrogens is 256 g/mol. The molecule has 0 aromatic carbocycles. The number of ether oxygens (including phenoxy) is 2. The van der Waals surface area contributed by atoms with E-state index >= 15 is 0 Å². The number of nitrogens with one attached hydrogen (secondary N) is 1. The van der Waals surface area contributed by atoms with Crippen LogP contribution in [0.1, 0.15) is 20.8 Å². The summed E-state index contributed by atoms with van der Waals surface area (Å²) in [6.45, 7) is 5.39. The monoisotopic (exact) mass is 276 g/mol. The van der Waals surface area contributed by atoms with E-state index in [1.165, 1.54) is 18.7 Å². The molecule has 0 aromatic heterocycles. The van der Waals surface area contributed by atoms with Crippen LogP contribution >= 0.6 is 11.8 Å². The summed E-state index contributed by atoms with van der Waals surface area (Å²) in [5.41, 5.74) is 4.79. The topological polar surface area (TPSA) is 102 Å². The van der Waals surface area contributed by atoms with E-state index in [2.05, 4.69) is 4.74 Å². The van der Waals surface area contributed by atoms with Crippen LogP contribution in [0, 0.1) is 5.41 Å². The second-order valence-corrected chi connectivity index (χ2v) is 3.68. The van der Waals surface area contributed by atoms with Crippen LogP contribution in [0.15, 0.2) is 11.8 Å². The van der Waals surface area contributed by atoms with Gasteiger partial charge < -0.3 is 15.2 Å². The molecule has 18 heavy (non-hydrogen) atoms. The molecule has 7 heteroatoms. The van der Waals surface area contributed by atoms with Crippen molar-refractivity contribution in [2.75, 3.05) is 19.5 Å². The first kappa shape index (κ1) is 18.9. The number of hydrogen-bond acceptors (Lipinski definition) is 6. The highest BCUT2D eigenvalue weighted by Gasteiger charge is 2.15. The van der Waals surface area contributed by atoms with Crippen molar-refractivity contribution in [1.82, 2.24) is 0 Å². The van der Waals surface area contributed by atoms with Crippen LogP contribution in [0.3, 0.4) is 0 Å². The minimum atomic E-state index is -0.636. The number of carbonyl (C=O) groups is 2. The van der Waals surface area contributed by atoms with Crippen molar-refractivity contribution in [1.29, 1.82) is 5.41 Å². The highest BCUT2D eigenvalue weighted by atomic mass is 32.2. The molecule has 0 aliphatic heterocycles. The second-order valence-electron chi connectivity index (χ2n) is 2.83. The minimum Gasteiger partial charge on any atom is -0.500 e. The summed E-state index contributed by atoms with van der Waals surface area (Å²) in [6.07, 6.45) is 2.91. The van der Waals surface area contributed by atoms with Gasteiger partial charge >= 0.3 is 5.97 Å². The summed E-state index contributed by atoms with van der Waals surface area (Å²) >= 11 is 1.24. The Morgan fingerprint density at radius 1 is 1.33 bits per heavy atom. The van der Waals surface area contributed by atoms with Gasteiger partial charge in [-0.25, -0.2) is 4.79 Å². The number of rotatable bonds is 5. The lowest BCUT2D eigenvalue weighted by atomic mass is 10.2. The van der Waals surface area contributed by atoms with E-state index in [0.717, 1.165) is 6.26 Å². The Labute approximate surface area is 111 Å². The van der Waals surface area contributed by atoms with Gasteiger partial charge in [0.25, 0.3) is 0 Å². The number of Topliss-reactive ketones (excluding diaryl/α,β-unsaturated/α-hetero) is 1. The Morgan fingerprint density at radius 2 is 1.83 bits per heavy atom. The third-order valence-electron chi connectivity index (χ3n) is 1.46. The summed E-state index contributed by atoms with van der Waals surface area (Å²) in [5.74, 6) is -0.990. The first-order chi connectivity index (χ1) is 8.40. The van der Waals surface area contributed by atoms with Gasteiger partial charge in [0.05, 0.1) is 13.2 Å². The molecule has 0 aliphatic rings. The molecular formula is C11H20N2O4S. The predicted molar refractivity (Wildman–Crippen MR) is 72.5 cm³/mol. The average Bonchev–Trinajstić information content (AvgIpc) is 2.30. The van der Waals surface area contributed by atoms with Crippen molar-refractivity contribution < 1.29 is 19.1 Å². The Hall–Kier alpha value is -1.50. The number of ketones is 1. The maximum Gasteiger partial charge on any atom is 0.344 e. The maximum atomic E-state index is 11.1. The van der Waals surface area contributed by atoms with Crippen LogP contribution < -0.4 is 5.73 Å². The predicted octanol–water partition coefficient (Wildman–Crippen LogP) is 1.30. The molecule has 0 amide bonds. The largest absolute Gasteiger partial charge is 0.500 e. The van der Waals surface area contributed by atoms with E-state index in [-0.39, 0.29) is 23.1 Å². The third kappa shape index (κ3) is 11.0. The molecule has 0 saturated heterocycles. The van der Waals surface area contributed by atoms with Gasteiger partial charge in [0.1, 0.15) is 11.8 Å². The summed E-state index contributed by atoms with van der Waals surface area (Å²) in [6, 6.07) is 0. The fourth-order valence-electron chi connectivity index (χ4n) is 0.650.